The van der Waals surface area contributed by atoms with Crippen LogP contribution in [0.5, 0.6) is 5.75 Å². The molecular weight excluding hydrogens is 406 g/mol. The van der Waals surface area contributed by atoms with Crippen LogP contribution in [0, 0.1) is 13.8 Å². The van der Waals surface area contributed by atoms with E-state index in [4.69, 9.17) is 9.26 Å². The van der Waals surface area contributed by atoms with Gasteiger partial charge in [-0.15, -0.1) is 0 Å². The van der Waals surface area contributed by atoms with Crippen LogP contribution in [0.25, 0.3) is 0 Å². The van der Waals surface area contributed by atoms with Crippen LogP contribution in [0.2, 0.25) is 0 Å². The van der Waals surface area contributed by atoms with Crippen molar-refractivity contribution in [3.63, 3.8) is 0 Å². The number of carbonyl (C=O) groups excluding carboxylic acids is 2. The molecule has 0 atom stereocenters. The number of ether oxygens (including phenoxy) is 1. The van der Waals surface area contributed by atoms with Gasteiger partial charge in [0.2, 0.25) is 0 Å². The van der Waals surface area contributed by atoms with Crippen molar-refractivity contribution in [2.24, 2.45) is 0 Å². The highest BCUT2D eigenvalue weighted by atomic mass is 16.5. The van der Waals surface area contributed by atoms with Crippen LogP contribution in [0.4, 0.5) is 5.69 Å². The van der Waals surface area contributed by atoms with E-state index in [0.29, 0.717) is 29.2 Å². The Morgan fingerprint density at radius 3 is 2.44 bits per heavy atom. The lowest BCUT2D eigenvalue weighted by atomic mass is 10.1. The van der Waals surface area contributed by atoms with Crippen molar-refractivity contribution in [2.45, 2.75) is 39.7 Å². The Morgan fingerprint density at radius 2 is 1.75 bits per heavy atom. The molecule has 0 bridgehead atoms. The van der Waals surface area contributed by atoms with Crippen LogP contribution in [-0.4, -0.2) is 35.0 Å². The van der Waals surface area contributed by atoms with Crippen molar-refractivity contribution in [1.82, 2.24) is 10.1 Å². The fourth-order valence-corrected chi connectivity index (χ4v) is 3.81. The molecule has 2 heterocycles. The van der Waals surface area contributed by atoms with E-state index in [1.807, 2.05) is 30.9 Å². The number of hydrogen-bond donors (Lipinski definition) is 1. The standard InChI is InChI=1S/C25H27N3O4/c1-17-22(18(2)32-27-17)16-31-20-12-10-19(11-13-20)24(29)26-23-9-5-4-8-21(23)25(30)28-14-6-3-7-15-28/h4-5,8-13H,3,6-7,14-16H2,1-2H3,(H,26,29). The van der Waals surface area contributed by atoms with Crippen molar-refractivity contribution in [2.75, 3.05) is 18.4 Å². The van der Waals surface area contributed by atoms with Gasteiger partial charge in [0, 0.05) is 18.7 Å². The zero-order valence-corrected chi connectivity index (χ0v) is 18.4. The van der Waals surface area contributed by atoms with Gasteiger partial charge in [0.25, 0.3) is 11.8 Å². The van der Waals surface area contributed by atoms with Gasteiger partial charge in [0.05, 0.1) is 22.5 Å². The summed E-state index contributed by atoms with van der Waals surface area (Å²) < 4.78 is 10.9. The maximum atomic E-state index is 12.9. The number of nitrogens with zero attached hydrogens (tertiary/aromatic N) is 2. The summed E-state index contributed by atoms with van der Waals surface area (Å²) in [4.78, 5) is 27.6. The maximum absolute atomic E-state index is 12.9. The molecular formula is C25H27N3O4. The van der Waals surface area contributed by atoms with Crippen LogP contribution >= 0.6 is 0 Å². The molecule has 1 fully saturated rings. The molecule has 2 aromatic carbocycles. The number of aromatic nitrogens is 1. The summed E-state index contributed by atoms with van der Waals surface area (Å²) in [6.45, 7) is 5.59. The highest BCUT2D eigenvalue weighted by Gasteiger charge is 2.21. The predicted molar refractivity (Wildman–Crippen MR) is 121 cm³/mol. The highest BCUT2D eigenvalue weighted by molar-refractivity contribution is 6.09. The fraction of sp³-hybridized carbons (Fsp3) is 0.320. The van der Waals surface area contributed by atoms with Crippen molar-refractivity contribution in [3.8, 4) is 5.75 Å². The van der Waals surface area contributed by atoms with Crippen LogP contribution in [-0.2, 0) is 6.61 Å². The summed E-state index contributed by atoms with van der Waals surface area (Å²) in [5, 5.41) is 6.81. The lowest BCUT2D eigenvalue weighted by Crippen LogP contribution is -2.36. The number of hydrogen-bond acceptors (Lipinski definition) is 5. The highest BCUT2D eigenvalue weighted by Crippen LogP contribution is 2.22. The zero-order chi connectivity index (χ0) is 22.5. The van der Waals surface area contributed by atoms with Crippen molar-refractivity contribution < 1.29 is 18.8 Å². The molecule has 1 aliphatic rings. The largest absolute Gasteiger partial charge is 0.489 e. The van der Waals surface area contributed by atoms with E-state index in [1.54, 1.807) is 36.4 Å². The number of nitrogens with one attached hydrogen (secondary N) is 1. The van der Waals surface area contributed by atoms with Crippen LogP contribution < -0.4 is 10.1 Å². The van der Waals surface area contributed by atoms with Crippen LogP contribution in [0.15, 0.2) is 53.1 Å². The summed E-state index contributed by atoms with van der Waals surface area (Å²) in [6, 6.07) is 14.1. The molecule has 1 aromatic heterocycles. The van der Waals surface area contributed by atoms with E-state index in [-0.39, 0.29) is 11.8 Å². The minimum atomic E-state index is -0.277. The second kappa shape index (κ2) is 9.68. The van der Waals surface area contributed by atoms with Gasteiger partial charge in [0.15, 0.2) is 0 Å². The van der Waals surface area contributed by atoms with Gasteiger partial charge in [0.1, 0.15) is 18.1 Å². The van der Waals surface area contributed by atoms with E-state index in [0.717, 1.165) is 49.4 Å². The van der Waals surface area contributed by atoms with Gasteiger partial charge in [-0.1, -0.05) is 17.3 Å². The third kappa shape index (κ3) is 4.82. The van der Waals surface area contributed by atoms with Gasteiger partial charge in [-0.2, -0.15) is 0 Å². The van der Waals surface area contributed by atoms with E-state index in [9.17, 15) is 9.59 Å². The summed E-state index contributed by atoms with van der Waals surface area (Å²) in [6.07, 6.45) is 3.19. The summed E-state index contributed by atoms with van der Waals surface area (Å²) in [5.41, 5.74) is 3.24. The third-order valence-electron chi connectivity index (χ3n) is 5.73. The average Bonchev–Trinajstić information content (AvgIpc) is 3.15. The van der Waals surface area contributed by atoms with Gasteiger partial charge < -0.3 is 19.5 Å². The number of piperidine rings is 1. The SMILES string of the molecule is Cc1noc(C)c1COc1ccc(C(=O)Nc2ccccc2C(=O)N2CCCCC2)cc1. The molecule has 1 aliphatic heterocycles. The molecule has 2 amide bonds. The average molecular weight is 434 g/mol. The molecule has 3 aromatic rings. The first-order chi connectivity index (χ1) is 15.5. The second-order valence-electron chi connectivity index (χ2n) is 7.97. The Morgan fingerprint density at radius 1 is 1.03 bits per heavy atom. The first-order valence-corrected chi connectivity index (χ1v) is 10.9. The molecule has 0 radical (unpaired) electrons. The van der Waals surface area contributed by atoms with E-state index in [1.165, 1.54) is 0 Å². The lowest BCUT2D eigenvalue weighted by molar-refractivity contribution is 0.0725. The molecule has 7 nitrogen and oxygen atoms in total. The Labute approximate surface area is 187 Å². The minimum Gasteiger partial charge on any atom is -0.489 e. The molecule has 0 spiro atoms. The topological polar surface area (TPSA) is 84.7 Å². The monoisotopic (exact) mass is 433 g/mol. The van der Waals surface area contributed by atoms with Crippen LogP contribution in [0.3, 0.4) is 0 Å². The number of amides is 2. The van der Waals surface area contributed by atoms with Gasteiger partial charge in [-0.3, -0.25) is 9.59 Å². The van der Waals surface area contributed by atoms with Gasteiger partial charge in [-0.05, 0) is 69.5 Å². The summed E-state index contributed by atoms with van der Waals surface area (Å²) in [5.74, 6) is 1.06. The summed E-state index contributed by atoms with van der Waals surface area (Å²) >= 11 is 0. The number of aryl methyl sites for hydroxylation is 2. The zero-order valence-electron chi connectivity index (χ0n) is 18.4. The molecule has 4 rings (SSSR count). The van der Waals surface area contributed by atoms with E-state index < -0.39 is 0 Å². The molecule has 0 aliphatic carbocycles. The van der Waals surface area contributed by atoms with Crippen LogP contribution in [0.1, 0.15) is 57.0 Å². The smallest absolute Gasteiger partial charge is 0.255 e. The molecule has 1 saturated heterocycles. The molecule has 0 saturated carbocycles. The molecule has 0 unspecified atom stereocenters. The maximum Gasteiger partial charge on any atom is 0.255 e. The lowest BCUT2D eigenvalue weighted by Gasteiger charge is -2.27. The molecule has 1 N–H and O–H groups in total. The normalized spacial score (nSPS) is 13.6. The number of rotatable bonds is 6. The first-order valence-electron chi connectivity index (χ1n) is 10.9. The number of carbonyl (C=O) groups is 2. The molecule has 166 valence electrons. The number of anilines is 1. The second-order valence-corrected chi connectivity index (χ2v) is 7.97. The third-order valence-corrected chi connectivity index (χ3v) is 5.73. The van der Waals surface area contributed by atoms with E-state index >= 15 is 0 Å². The predicted octanol–water partition coefficient (Wildman–Crippen LogP) is 4.75. The van der Waals surface area contributed by atoms with Gasteiger partial charge >= 0.3 is 0 Å². The van der Waals surface area contributed by atoms with Crippen molar-refractivity contribution in [3.05, 3.63) is 76.7 Å². The Bertz CT molecular complexity index is 1080. The Hall–Kier alpha value is -3.61. The first kappa shape index (κ1) is 21.6. The molecule has 32 heavy (non-hydrogen) atoms. The van der Waals surface area contributed by atoms with E-state index in [2.05, 4.69) is 10.5 Å². The summed E-state index contributed by atoms with van der Waals surface area (Å²) in [7, 11) is 0. The number of para-hydroxylation sites is 1. The fourth-order valence-electron chi connectivity index (χ4n) is 3.81. The number of likely N-dealkylation sites (tertiary alicyclic amines) is 1. The number of benzene rings is 2. The minimum absolute atomic E-state index is 0.0383. The van der Waals surface area contributed by atoms with Crippen molar-refractivity contribution >= 4 is 17.5 Å². The quantitative estimate of drug-likeness (QED) is 0.606. The Balaban J connectivity index is 1.41. The molecule has 7 heteroatoms. The van der Waals surface area contributed by atoms with Crippen molar-refractivity contribution in [1.29, 1.82) is 0 Å². The van der Waals surface area contributed by atoms with Gasteiger partial charge in [-0.25, -0.2) is 0 Å². The Kier molecular flexibility index (Phi) is 6.54.